The minimum absolute atomic E-state index is 0.0599. The zero-order valence-corrected chi connectivity index (χ0v) is 29.5. The smallest absolute Gasteiger partial charge is 0.407 e. The molecule has 0 bridgehead atoms. The molecule has 0 aliphatic carbocycles. The second-order valence-corrected chi connectivity index (χ2v) is 13.2. The van der Waals surface area contributed by atoms with Crippen molar-refractivity contribution in [1.82, 2.24) is 10.2 Å². The normalized spacial score (nSPS) is 11.5. The number of hydrogen-bond donors (Lipinski definition) is 1. The first-order chi connectivity index (χ1) is 21.2. The largest absolute Gasteiger partial charge is 0.466 e. The van der Waals surface area contributed by atoms with Crippen LogP contribution in [-0.2, 0) is 23.8 Å². The molecule has 0 heterocycles. The first kappa shape index (κ1) is 42.2. The average Bonchev–Trinajstić information content (AvgIpc) is 2.96. The Bertz CT molecular complexity index is 655. The fourth-order valence-corrected chi connectivity index (χ4v) is 4.99. The molecule has 8 nitrogen and oxygen atoms in total. The maximum absolute atomic E-state index is 12.0. The molecular weight excluding hydrogens is 556 g/mol. The molecule has 0 spiro atoms. The van der Waals surface area contributed by atoms with Gasteiger partial charge in [0.05, 0.1) is 13.2 Å². The molecule has 0 aliphatic heterocycles. The predicted molar refractivity (Wildman–Crippen MR) is 181 cm³/mol. The first-order valence-electron chi connectivity index (χ1n) is 18.2. The Hall–Kier alpha value is -1.83. The molecule has 0 unspecified atom stereocenters. The van der Waals surface area contributed by atoms with Crippen molar-refractivity contribution >= 4 is 18.0 Å². The molecule has 260 valence electrons. The molecule has 1 N–H and O–H groups in total. The molecule has 0 aromatic rings. The Balaban J connectivity index is 4.18. The third kappa shape index (κ3) is 31.6. The lowest BCUT2D eigenvalue weighted by molar-refractivity contribution is -0.144. The highest BCUT2D eigenvalue weighted by Gasteiger charge is 2.15. The molecule has 0 saturated heterocycles. The van der Waals surface area contributed by atoms with Crippen LogP contribution >= 0.6 is 0 Å². The molecule has 0 aromatic heterocycles. The summed E-state index contributed by atoms with van der Waals surface area (Å²) in [4.78, 5) is 38.4. The van der Waals surface area contributed by atoms with E-state index in [0.29, 0.717) is 32.6 Å². The second-order valence-electron chi connectivity index (χ2n) is 13.2. The minimum atomic E-state index is -0.494. The number of carbonyl (C=O) groups is 3. The number of ether oxygens (including phenoxy) is 3. The Kier molecular flexibility index (Phi) is 28.6. The van der Waals surface area contributed by atoms with Crippen molar-refractivity contribution in [3.8, 4) is 0 Å². The standard InChI is InChI=1S/C36H70N2O6/c1-6-8-10-16-22-31-42-33(39)25-18-12-14-20-28-38(30-24-27-37-35(41)44-36(3,4)5)29-21-15-13-19-26-34(40)43-32-23-17-11-9-7-2/h6-32H2,1-5H3,(H,37,41). The molecular formula is C36H70N2O6. The molecule has 0 aromatic carbocycles. The van der Waals surface area contributed by atoms with Crippen molar-refractivity contribution in [2.45, 2.75) is 175 Å². The lowest BCUT2D eigenvalue weighted by Gasteiger charge is -2.23. The summed E-state index contributed by atoms with van der Waals surface area (Å²) in [6, 6.07) is 0. The highest BCUT2D eigenvalue weighted by Crippen LogP contribution is 2.11. The van der Waals surface area contributed by atoms with Gasteiger partial charge in [0.2, 0.25) is 0 Å². The van der Waals surface area contributed by atoms with Crippen LogP contribution in [0, 0.1) is 0 Å². The third-order valence-electron chi connectivity index (χ3n) is 7.55. The summed E-state index contributed by atoms with van der Waals surface area (Å²) in [5, 5.41) is 2.86. The summed E-state index contributed by atoms with van der Waals surface area (Å²) >= 11 is 0. The summed E-state index contributed by atoms with van der Waals surface area (Å²) in [6.07, 6.45) is 21.4. The summed E-state index contributed by atoms with van der Waals surface area (Å²) in [5.41, 5.74) is -0.494. The Labute approximate surface area is 271 Å². The van der Waals surface area contributed by atoms with Crippen molar-refractivity contribution in [3.63, 3.8) is 0 Å². The number of amides is 1. The van der Waals surface area contributed by atoms with Crippen molar-refractivity contribution in [3.05, 3.63) is 0 Å². The van der Waals surface area contributed by atoms with Crippen LogP contribution in [0.25, 0.3) is 0 Å². The summed E-state index contributed by atoms with van der Waals surface area (Å²) in [7, 11) is 0. The van der Waals surface area contributed by atoms with Crippen LogP contribution in [0.4, 0.5) is 4.79 Å². The Morgan fingerprint density at radius 2 is 0.955 bits per heavy atom. The van der Waals surface area contributed by atoms with E-state index in [-0.39, 0.29) is 18.0 Å². The lowest BCUT2D eigenvalue weighted by atomic mass is 10.1. The van der Waals surface area contributed by atoms with Gasteiger partial charge in [0.25, 0.3) is 0 Å². The van der Waals surface area contributed by atoms with E-state index in [1.165, 1.54) is 38.5 Å². The molecule has 8 heteroatoms. The van der Waals surface area contributed by atoms with Gasteiger partial charge in [-0.25, -0.2) is 4.79 Å². The van der Waals surface area contributed by atoms with Gasteiger partial charge in [-0.15, -0.1) is 0 Å². The highest BCUT2D eigenvalue weighted by atomic mass is 16.6. The number of alkyl carbamates (subject to hydrolysis) is 1. The van der Waals surface area contributed by atoms with Gasteiger partial charge in [-0.1, -0.05) is 90.9 Å². The highest BCUT2D eigenvalue weighted by molar-refractivity contribution is 5.69. The lowest BCUT2D eigenvalue weighted by Crippen LogP contribution is -2.35. The van der Waals surface area contributed by atoms with E-state index in [1.54, 1.807) is 0 Å². The fraction of sp³-hybridized carbons (Fsp3) is 0.917. The van der Waals surface area contributed by atoms with Gasteiger partial charge in [0.15, 0.2) is 0 Å². The van der Waals surface area contributed by atoms with Gasteiger partial charge in [0.1, 0.15) is 5.60 Å². The van der Waals surface area contributed by atoms with Crippen molar-refractivity contribution < 1.29 is 28.6 Å². The quantitative estimate of drug-likeness (QED) is 0.0483. The van der Waals surface area contributed by atoms with E-state index in [4.69, 9.17) is 14.2 Å². The number of nitrogens with zero attached hydrogens (tertiary/aromatic N) is 1. The van der Waals surface area contributed by atoms with Crippen LogP contribution in [0.1, 0.15) is 169 Å². The Morgan fingerprint density at radius 1 is 0.545 bits per heavy atom. The van der Waals surface area contributed by atoms with Gasteiger partial charge in [-0.3, -0.25) is 9.59 Å². The van der Waals surface area contributed by atoms with Gasteiger partial charge >= 0.3 is 18.0 Å². The maximum Gasteiger partial charge on any atom is 0.407 e. The van der Waals surface area contributed by atoms with Crippen LogP contribution in [-0.4, -0.2) is 67.9 Å². The van der Waals surface area contributed by atoms with E-state index in [9.17, 15) is 14.4 Å². The van der Waals surface area contributed by atoms with Gasteiger partial charge in [0, 0.05) is 19.4 Å². The number of hydrogen-bond acceptors (Lipinski definition) is 7. The molecule has 0 fully saturated rings. The van der Waals surface area contributed by atoms with Crippen LogP contribution in [0.3, 0.4) is 0 Å². The molecule has 44 heavy (non-hydrogen) atoms. The van der Waals surface area contributed by atoms with Crippen LogP contribution in [0.2, 0.25) is 0 Å². The zero-order chi connectivity index (χ0) is 32.7. The molecule has 1 amide bonds. The van der Waals surface area contributed by atoms with E-state index in [1.807, 2.05) is 20.8 Å². The number of unbranched alkanes of at least 4 members (excludes halogenated alkanes) is 14. The number of rotatable bonds is 30. The molecule has 0 saturated carbocycles. The van der Waals surface area contributed by atoms with Crippen LogP contribution < -0.4 is 5.32 Å². The van der Waals surface area contributed by atoms with Crippen LogP contribution in [0.5, 0.6) is 0 Å². The zero-order valence-electron chi connectivity index (χ0n) is 29.5. The Morgan fingerprint density at radius 3 is 1.41 bits per heavy atom. The minimum Gasteiger partial charge on any atom is -0.466 e. The molecule has 0 rings (SSSR count). The van der Waals surface area contributed by atoms with E-state index in [0.717, 1.165) is 103 Å². The van der Waals surface area contributed by atoms with Crippen molar-refractivity contribution in [1.29, 1.82) is 0 Å². The van der Waals surface area contributed by atoms with Gasteiger partial charge in [-0.2, -0.15) is 0 Å². The average molecular weight is 627 g/mol. The molecule has 0 radical (unpaired) electrons. The molecule has 0 atom stereocenters. The number of esters is 2. The number of nitrogens with one attached hydrogen (secondary N) is 1. The number of carbonyl (C=O) groups excluding carboxylic acids is 3. The maximum atomic E-state index is 12.0. The van der Waals surface area contributed by atoms with Crippen LogP contribution in [0.15, 0.2) is 0 Å². The van der Waals surface area contributed by atoms with E-state index < -0.39 is 5.60 Å². The topological polar surface area (TPSA) is 94.2 Å². The summed E-state index contributed by atoms with van der Waals surface area (Å²) in [5.74, 6) is -0.120. The predicted octanol–water partition coefficient (Wildman–Crippen LogP) is 9.13. The SMILES string of the molecule is CCCCCCCOC(=O)CCCCCCN(CCCCCCC(=O)OCCCCCCC)CCCNC(=O)OC(C)(C)C. The third-order valence-corrected chi connectivity index (χ3v) is 7.55. The molecule has 0 aliphatic rings. The monoisotopic (exact) mass is 627 g/mol. The van der Waals surface area contributed by atoms with Crippen molar-refractivity contribution in [2.75, 3.05) is 39.4 Å². The van der Waals surface area contributed by atoms with E-state index in [2.05, 4.69) is 24.1 Å². The summed E-state index contributed by atoms with van der Waals surface area (Å²) < 4.78 is 16.1. The fourth-order valence-electron chi connectivity index (χ4n) is 4.99. The first-order valence-corrected chi connectivity index (χ1v) is 18.2. The van der Waals surface area contributed by atoms with Gasteiger partial charge < -0.3 is 24.4 Å². The van der Waals surface area contributed by atoms with E-state index >= 15 is 0 Å². The summed E-state index contributed by atoms with van der Waals surface area (Å²) in [6.45, 7) is 14.7. The van der Waals surface area contributed by atoms with Crippen molar-refractivity contribution in [2.24, 2.45) is 0 Å². The van der Waals surface area contributed by atoms with Gasteiger partial charge in [-0.05, 0) is 85.4 Å². The second kappa shape index (κ2) is 29.9.